The molecule has 0 aromatic carbocycles. The molecular weight excluding hydrogens is 196 g/mol. The van der Waals surface area contributed by atoms with Gasteiger partial charge >= 0.3 is 0 Å². The van der Waals surface area contributed by atoms with Gasteiger partial charge in [0.15, 0.2) is 11.6 Å². The maximum absolute atomic E-state index is 12.4. The third-order valence-corrected chi connectivity index (χ3v) is 1.71. The van der Waals surface area contributed by atoms with Crippen LogP contribution in [0.25, 0.3) is 0 Å². The van der Waals surface area contributed by atoms with Crippen LogP contribution in [0.1, 0.15) is 18.1 Å². The van der Waals surface area contributed by atoms with Crippen LogP contribution >= 0.6 is 0 Å². The van der Waals surface area contributed by atoms with Crippen LogP contribution in [-0.2, 0) is 17.9 Å². The summed E-state index contributed by atoms with van der Waals surface area (Å²) in [5, 5.41) is 15.5. The molecule has 0 radical (unpaired) electrons. The molecule has 0 spiro atoms. The van der Waals surface area contributed by atoms with E-state index in [4.69, 9.17) is 9.84 Å². The van der Waals surface area contributed by atoms with Gasteiger partial charge in [-0.15, -0.1) is 10.2 Å². The molecule has 0 saturated heterocycles. The zero-order chi connectivity index (χ0) is 10.6. The quantitative estimate of drug-likeness (QED) is 0.757. The molecule has 1 heterocycles. The zero-order valence-corrected chi connectivity index (χ0v) is 7.65. The van der Waals surface area contributed by atoms with Gasteiger partial charge in [-0.2, -0.15) is 0 Å². The van der Waals surface area contributed by atoms with Crippen LogP contribution in [0.15, 0.2) is 0 Å². The Balaban J connectivity index is 2.88. The third kappa shape index (κ3) is 2.24. The molecule has 0 aliphatic carbocycles. The maximum Gasteiger partial charge on any atom is 0.297 e. The monoisotopic (exact) mass is 207 g/mol. The molecule has 1 N–H and O–H groups in total. The van der Waals surface area contributed by atoms with Crippen molar-refractivity contribution >= 4 is 0 Å². The molecule has 0 bridgehead atoms. The number of alkyl halides is 2. The summed E-state index contributed by atoms with van der Waals surface area (Å²) in [6.45, 7) is 0.0628. The average Bonchev–Trinajstić information content (AvgIpc) is 2.57. The van der Waals surface area contributed by atoms with Gasteiger partial charge in [-0.25, -0.2) is 8.78 Å². The summed E-state index contributed by atoms with van der Waals surface area (Å²) in [6.07, 6.45) is -2.69. The fourth-order valence-corrected chi connectivity index (χ4v) is 1.05. The lowest BCUT2D eigenvalue weighted by Crippen LogP contribution is -2.12. The van der Waals surface area contributed by atoms with Gasteiger partial charge in [0, 0.05) is 13.7 Å². The zero-order valence-electron chi connectivity index (χ0n) is 7.65. The fraction of sp³-hybridized carbons (Fsp3) is 0.714. The normalized spacial score (nSPS) is 11.2. The van der Waals surface area contributed by atoms with E-state index < -0.39 is 18.9 Å². The highest BCUT2D eigenvalue weighted by molar-refractivity contribution is 4.96. The van der Waals surface area contributed by atoms with Crippen molar-refractivity contribution in [3.63, 3.8) is 0 Å². The average molecular weight is 207 g/mol. The van der Waals surface area contributed by atoms with Crippen LogP contribution in [-0.4, -0.2) is 33.6 Å². The number of nitrogens with zero attached hydrogens (tertiary/aromatic N) is 3. The van der Waals surface area contributed by atoms with Gasteiger partial charge in [0.05, 0.1) is 6.61 Å². The smallest absolute Gasteiger partial charge is 0.297 e. The van der Waals surface area contributed by atoms with Crippen molar-refractivity contribution in [3.05, 3.63) is 11.6 Å². The van der Waals surface area contributed by atoms with Gasteiger partial charge in [-0.1, -0.05) is 0 Å². The minimum atomic E-state index is -2.69. The van der Waals surface area contributed by atoms with Crippen LogP contribution in [0.3, 0.4) is 0 Å². The SMILES string of the molecule is COCCn1c(CO)nnc1C(F)F. The summed E-state index contributed by atoms with van der Waals surface area (Å²) in [6, 6.07) is 0. The molecule has 5 nitrogen and oxygen atoms in total. The van der Waals surface area contributed by atoms with Crippen molar-refractivity contribution < 1.29 is 18.6 Å². The standard InChI is InChI=1S/C7H11F2N3O2/c1-14-3-2-12-5(4-13)10-11-7(12)6(8)9/h6,13H,2-4H2,1H3. The highest BCUT2D eigenvalue weighted by Gasteiger charge is 2.18. The predicted octanol–water partition coefficient (Wildman–Crippen LogP) is 0.354. The first kappa shape index (κ1) is 11.0. The molecule has 1 rings (SSSR count). The minimum Gasteiger partial charge on any atom is -0.388 e. The van der Waals surface area contributed by atoms with Crippen LogP contribution in [0.4, 0.5) is 8.78 Å². The molecule has 14 heavy (non-hydrogen) atoms. The number of aliphatic hydroxyl groups is 1. The first-order valence-electron chi connectivity index (χ1n) is 4.00. The molecule has 0 unspecified atom stereocenters. The van der Waals surface area contributed by atoms with Crippen LogP contribution < -0.4 is 0 Å². The minimum absolute atomic E-state index is 0.123. The lowest BCUT2D eigenvalue weighted by atomic mass is 10.5. The van der Waals surface area contributed by atoms with Crippen molar-refractivity contribution in [3.8, 4) is 0 Å². The van der Waals surface area contributed by atoms with Gasteiger partial charge in [-0.3, -0.25) is 0 Å². The number of aromatic nitrogens is 3. The van der Waals surface area contributed by atoms with Crippen LogP contribution in [0, 0.1) is 0 Å². The molecular formula is C7H11F2N3O2. The molecule has 0 saturated carbocycles. The topological polar surface area (TPSA) is 60.2 Å². The molecule has 0 atom stereocenters. The van der Waals surface area contributed by atoms with E-state index in [9.17, 15) is 8.78 Å². The van der Waals surface area contributed by atoms with E-state index in [-0.39, 0.29) is 19.0 Å². The highest BCUT2D eigenvalue weighted by Crippen LogP contribution is 2.17. The largest absolute Gasteiger partial charge is 0.388 e. The number of halogens is 2. The number of aliphatic hydroxyl groups excluding tert-OH is 1. The molecule has 7 heteroatoms. The Hall–Kier alpha value is -1.08. The van der Waals surface area contributed by atoms with E-state index in [2.05, 4.69) is 10.2 Å². The van der Waals surface area contributed by atoms with Crippen molar-refractivity contribution in [1.29, 1.82) is 0 Å². The Kier molecular flexibility index (Phi) is 3.90. The fourth-order valence-electron chi connectivity index (χ4n) is 1.05. The molecule has 80 valence electrons. The second-order valence-electron chi connectivity index (χ2n) is 2.58. The highest BCUT2D eigenvalue weighted by atomic mass is 19.3. The maximum atomic E-state index is 12.4. The van der Waals surface area contributed by atoms with E-state index in [1.54, 1.807) is 0 Å². The molecule has 1 aromatic rings. The first-order valence-corrected chi connectivity index (χ1v) is 4.00. The van der Waals surface area contributed by atoms with Crippen LogP contribution in [0.5, 0.6) is 0 Å². The number of hydrogen-bond acceptors (Lipinski definition) is 4. The Morgan fingerprint density at radius 2 is 2.21 bits per heavy atom. The second kappa shape index (κ2) is 4.97. The van der Waals surface area contributed by atoms with Crippen molar-refractivity contribution in [2.24, 2.45) is 0 Å². The van der Waals surface area contributed by atoms with Crippen molar-refractivity contribution in [2.75, 3.05) is 13.7 Å². The summed E-state index contributed by atoms with van der Waals surface area (Å²) in [5.74, 6) is -0.316. The van der Waals surface area contributed by atoms with E-state index >= 15 is 0 Å². The first-order chi connectivity index (χ1) is 6.70. The summed E-state index contributed by atoms with van der Waals surface area (Å²) < 4.78 is 30.6. The Bertz CT molecular complexity index is 290. The van der Waals surface area contributed by atoms with Crippen molar-refractivity contribution in [2.45, 2.75) is 19.6 Å². The van der Waals surface area contributed by atoms with Crippen LogP contribution in [0.2, 0.25) is 0 Å². The van der Waals surface area contributed by atoms with Gasteiger partial charge < -0.3 is 14.4 Å². The molecule has 0 aliphatic heterocycles. The second-order valence-corrected chi connectivity index (χ2v) is 2.58. The van der Waals surface area contributed by atoms with E-state index in [1.807, 2.05) is 0 Å². The van der Waals surface area contributed by atoms with E-state index in [1.165, 1.54) is 7.11 Å². The Morgan fingerprint density at radius 1 is 1.50 bits per heavy atom. The van der Waals surface area contributed by atoms with Gasteiger partial charge in [0.25, 0.3) is 6.43 Å². The number of rotatable bonds is 5. The van der Waals surface area contributed by atoms with Gasteiger partial charge in [-0.05, 0) is 0 Å². The number of ether oxygens (including phenoxy) is 1. The lowest BCUT2D eigenvalue weighted by Gasteiger charge is -2.07. The van der Waals surface area contributed by atoms with Crippen molar-refractivity contribution in [1.82, 2.24) is 14.8 Å². The summed E-state index contributed by atoms with van der Waals surface area (Å²) in [4.78, 5) is 0. The summed E-state index contributed by atoms with van der Waals surface area (Å²) in [5.41, 5.74) is 0. The summed E-state index contributed by atoms with van der Waals surface area (Å²) >= 11 is 0. The lowest BCUT2D eigenvalue weighted by molar-refractivity contribution is 0.127. The summed E-state index contributed by atoms with van der Waals surface area (Å²) in [7, 11) is 1.46. The van der Waals surface area contributed by atoms with Gasteiger partial charge in [0.1, 0.15) is 6.61 Å². The van der Waals surface area contributed by atoms with E-state index in [0.29, 0.717) is 0 Å². The number of methoxy groups -OCH3 is 1. The van der Waals surface area contributed by atoms with E-state index in [0.717, 1.165) is 4.57 Å². The molecule has 0 amide bonds. The predicted molar refractivity (Wildman–Crippen MR) is 42.8 cm³/mol. The molecule has 0 aliphatic rings. The Labute approximate surface area is 79.3 Å². The molecule has 0 fully saturated rings. The number of hydrogen-bond donors (Lipinski definition) is 1. The Morgan fingerprint density at radius 3 is 2.71 bits per heavy atom. The third-order valence-electron chi connectivity index (χ3n) is 1.71. The molecule has 1 aromatic heterocycles. The van der Waals surface area contributed by atoms with Gasteiger partial charge in [0.2, 0.25) is 0 Å².